The minimum atomic E-state index is -1.79. The lowest BCUT2D eigenvalue weighted by Gasteiger charge is -2.37. The Morgan fingerprint density at radius 3 is 2.54 bits per heavy atom. The van der Waals surface area contributed by atoms with Gasteiger partial charge >= 0.3 is 5.97 Å². The molecule has 0 saturated heterocycles. The molecular weight excluding hydrogens is 444 g/mol. The molecule has 35 heavy (non-hydrogen) atoms. The maximum atomic E-state index is 14.1. The van der Waals surface area contributed by atoms with E-state index in [4.69, 9.17) is 4.74 Å². The van der Waals surface area contributed by atoms with Crippen LogP contribution in [0.3, 0.4) is 0 Å². The van der Waals surface area contributed by atoms with Gasteiger partial charge in [0, 0.05) is 18.1 Å². The first-order valence-electron chi connectivity index (χ1n) is 12.4. The first-order valence-corrected chi connectivity index (χ1v) is 12.4. The molecule has 7 atom stereocenters. The molecule has 0 spiro atoms. The van der Waals surface area contributed by atoms with E-state index in [1.165, 1.54) is 6.08 Å². The number of carbonyl (C=O) groups excluding carboxylic acids is 2. The maximum absolute atomic E-state index is 14.1. The number of fused-ring (bicyclic) bond motifs is 2. The van der Waals surface area contributed by atoms with E-state index < -0.39 is 48.0 Å². The van der Waals surface area contributed by atoms with Gasteiger partial charge < -0.3 is 20.1 Å². The number of ether oxygens (including phenoxy) is 1. The molecule has 0 amide bonds. The highest BCUT2D eigenvalue weighted by atomic mass is 16.6. The molecule has 3 aliphatic rings. The molecule has 2 saturated carbocycles. The molecule has 188 valence electrons. The fraction of sp³-hybridized carbons (Fsp3) is 0.517. The van der Waals surface area contributed by atoms with Crippen molar-refractivity contribution in [2.75, 3.05) is 6.61 Å². The van der Waals surface area contributed by atoms with E-state index in [9.17, 15) is 24.9 Å². The van der Waals surface area contributed by atoms with Crippen LogP contribution >= 0.6 is 0 Å². The molecule has 3 N–H and O–H groups in total. The van der Waals surface area contributed by atoms with E-state index in [-0.39, 0.29) is 29.2 Å². The van der Waals surface area contributed by atoms with Crippen molar-refractivity contribution in [3.8, 4) is 0 Å². The minimum Gasteiger partial charge on any atom is -0.447 e. The average Bonchev–Trinajstić information content (AvgIpc) is 3.25. The monoisotopic (exact) mass is 480 g/mol. The van der Waals surface area contributed by atoms with E-state index in [0.29, 0.717) is 5.57 Å². The van der Waals surface area contributed by atoms with Crippen molar-refractivity contribution in [1.29, 1.82) is 0 Å². The molecule has 1 aromatic rings. The summed E-state index contributed by atoms with van der Waals surface area (Å²) in [5, 5.41) is 32.7. The van der Waals surface area contributed by atoms with Crippen molar-refractivity contribution in [3.63, 3.8) is 0 Å². The van der Waals surface area contributed by atoms with Gasteiger partial charge in [-0.2, -0.15) is 0 Å². The van der Waals surface area contributed by atoms with Gasteiger partial charge in [0.2, 0.25) is 5.78 Å². The van der Waals surface area contributed by atoms with Crippen LogP contribution in [-0.4, -0.2) is 51.5 Å². The summed E-state index contributed by atoms with van der Waals surface area (Å²) in [5.74, 6) is -2.36. The Labute approximate surface area is 207 Å². The molecule has 0 heterocycles. The number of aliphatic hydroxyl groups is 3. The first kappa shape index (κ1) is 25.5. The van der Waals surface area contributed by atoms with Crippen LogP contribution in [0.1, 0.15) is 46.1 Å². The third-order valence-electron chi connectivity index (χ3n) is 8.48. The summed E-state index contributed by atoms with van der Waals surface area (Å²) in [6.07, 6.45) is 5.17. The zero-order valence-corrected chi connectivity index (χ0v) is 20.8. The molecule has 4 rings (SSSR count). The van der Waals surface area contributed by atoms with E-state index in [1.807, 2.05) is 42.5 Å². The number of hydrogen-bond donors (Lipinski definition) is 3. The molecule has 0 bridgehead atoms. The summed E-state index contributed by atoms with van der Waals surface area (Å²) < 4.78 is 5.93. The third kappa shape index (κ3) is 4.55. The van der Waals surface area contributed by atoms with Gasteiger partial charge in [-0.25, -0.2) is 4.79 Å². The quantitative estimate of drug-likeness (QED) is 0.346. The predicted octanol–water partition coefficient (Wildman–Crippen LogP) is 3.47. The van der Waals surface area contributed by atoms with Crippen LogP contribution in [-0.2, 0) is 14.3 Å². The predicted molar refractivity (Wildman–Crippen MR) is 133 cm³/mol. The Morgan fingerprint density at radius 2 is 1.89 bits per heavy atom. The van der Waals surface area contributed by atoms with Crippen LogP contribution in [0.15, 0.2) is 59.7 Å². The Balaban J connectivity index is 1.78. The second-order valence-corrected chi connectivity index (χ2v) is 11.0. The van der Waals surface area contributed by atoms with Gasteiger partial charge in [-0.05, 0) is 53.7 Å². The molecule has 0 aromatic heterocycles. The Hall–Kier alpha value is -2.54. The second kappa shape index (κ2) is 9.49. The Morgan fingerprint density at radius 1 is 1.20 bits per heavy atom. The molecule has 0 unspecified atom stereocenters. The highest BCUT2D eigenvalue weighted by Gasteiger charge is 2.63. The number of benzene rings is 1. The van der Waals surface area contributed by atoms with Crippen LogP contribution in [0.5, 0.6) is 0 Å². The summed E-state index contributed by atoms with van der Waals surface area (Å²) in [6.45, 7) is 7.31. The summed E-state index contributed by atoms with van der Waals surface area (Å²) in [6, 6.07) is 9.23. The van der Waals surface area contributed by atoms with Gasteiger partial charge in [0.1, 0.15) is 0 Å². The Bertz CT molecular complexity index is 1070. The SMILES string of the molecule is C/C1=C/C[C@H]2[C@@H](/C=C(\CO)C(=O)[C@@]3(OC(=O)/C=C/c4ccccc4)C[C@H](C)[C@H](O)[C@@H]3[C@H]1O)C2(C)C. The van der Waals surface area contributed by atoms with Crippen LogP contribution in [0.4, 0.5) is 0 Å². The third-order valence-corrected chi connectivity index (χ3v) is 8.48. The van der Waals surface area contributed by atoms with Crippen LogP contribution < -0.4 is 0 Å². The highest BCUT2D eigenvalue weighted by molar-refractivity contribution is 6.04. The van der Waals surface area contributed by atoms with E-state index in [0.717, 1.165) is 12.0 Å². The number of rotatable bonds is 4. The number of esters is 1. The van der Waals surface area contributed by atoms with Crippen LogP contribution in [0, 0.1) is 29.1 Å². The highest BCUT2D eigenvalue weighted by Crippen LogP contribution is 2.62. The van der Waals surface area contributed by atoms with Crippen molar-refractivity contribution in [2.24, 2.45) is 29.1 Å². The van der Waals surface area contributed by atoms with E-state index in [2.05, 4.69) is 13.8 Å². The lowest BCUT2D eigenvalue weighted by Crippen LogP contribution is -2.54. The molecular formula is C29H36O6. The number of aliphatic hydroxyl groups excluding tert-OH is 3. The minimum absolute atomic E-state index is 0.0498. The number of hydrogen-bond acceptors (Lipinski definition) is 6. The van der Waals surface area contributed by atoms with E-state index in [1.54, 1.807) is 19.9 Å². The summed E-state index contributed by atoms with van der Waals surface area (Å²) in [4.78, 5) is 27.1. The van der Waals surface area contributed by atoms with Gasteiger partial charge in [-0.3, -0.25) is 4.79 Å². The molecule has 6 nitrogen and oxygen atoms in total. The smallest absolute Gasteiger partial charge is 0.331 e. The second-order valence-electron chi connectivity index (χ2n) is 11.0. The Kier molecular flexibility index (Phi) is 6.93. The van der Waals surface area contributed by atoms with Crippen molar-refractivity contribution in [1.82, 2.24) is 0 Å². The zero-order chi connectivity index (χ0) is 25.5. The number of ketones is 1. The maximum Gasteiger partial charge on any atom is 0.331 e. The van der Waals surface area contributed by atoms with Gasteiger partial charge in [0.15, 0.2) is 5.60 Å². The standard InChI is InChI=1S/C29H36O6/c1-17-10-12-21-22(28(21,3)4)14-20(16-30)27(34)29(15-18(2)26(33)24(29)25(17)32)35-23(31)13-11-19-8-6-5-7-9-19/h5-11,13-14,18,21-22,24-26,30,32-33H,12,15-16H2,1-4H3/b13-11+,17-10-,20-14+/t18-,21-,22+,24-,25-,26-,29+/m0/s1. The molecule has 6 heteroatoms. The summed E-state index contributed by atoms with van der Waals surface area (Å²) in [7, 11) is 0. The molecule has 2 fully saturated rings. The first-order chi connectivity index (χ1) is 16.5. The topological polar surface area (TPSA) is 104 Å². The van der Waals surface area contributed by atoms with E-state index >= 15 is 0 Å². The molecule has 0 aliphatic heterocycles. The fourth-order valence-corrected chi connectivity index (χ4v) is 6.12. The largest absolute Gasteiger partial charge is 0.447 e. The van der Waals surface area contributed by atoms with Gasteiger partial charge in [-0.15, -0.1) is 0 Å². The van der Waals surface area contributed by atoms with Crippen molar-refractivity contribution < 1.29 is 29.6 Å². The normalized spacial score (nSPS) is 39.5. The average molecular weight is 481 g/mol. The molecule has 0 radical (unpaired) electrons. The van der Waals surface area contributed by atoms with Crippen LogP contribution in [0.2, 0.25) is 0 Å². The lowest BCUT2D eigenvalue weighted by atomic mass is 9.77. The summed E-state index contributed by atoms with van der Waals surface area (Å²) >= 11 is 0. The van der Waals surface area contributed by atoms with Gasteiger partial charge in [0.25, 0.3) is 0 Å². The van der Waals surface area contributed by atoms with Crippen molar-refractivity contribution in [3.05, 3.63) is 65.3 Å². The molecule has 3 aliphatic carbocycles. The lowest BCUT2D eigenvalue weighted by molar-refractivity contribution is -0.172. The number of Topliss-reactive ketones (excluding diaryl/α,β-unsaturated/α-hetero) is 1. The van der Waals surface area contributed by atoms with Crippen LogP contribution in [0.25, 0.3) is 6.08 Å². The van der Waals surface area contributed by atoms with Crippen molar-refractivity contribution >= 4 is 17.8 Å². The van der Waals surface area contributed by atoms with Crippen molar-refractivity contribution in [2.45, 2.75) is 58.3 Å². The molecule has 1 aromatic carbocycles. The van der Waals surface area contributed by atoms with Gasteiger partial charge in [0.05, 0.1) is 24.7 Å². The zero-order valence-electron chi connectivity index (χ0n) is 20.8. The van der Waals surface area contributed by atoms with Gasteiger partial charge in [-0.1, -0.05) is 63.3 Å². The number of allylic oxidation sites excluding steroid dienone is 2. The fourth-order valence-electron chi connectivity index (χ4n) is 6.12. The number of carbonyl (C=O) groups is 2. The summed E-state index contributed by atoms with van der Waals surface area (Å²) in [5.41, 5.74) is -0.234.